The summed E-state index contributed by atoms with van der Waals surface area (Å²) in [5, 5.41) is 17.3. The molecule has 3 rings (SSSR count). The van der Waals surface area contributed by atoms with Crippen LogP contribution in [-0.4, -0.2) is 25.0 Å². The van der Waals surface area contributed by atoms with Crippen LogP contribution in [0.2, 0.25) is 0 Å². The van der Waals surface area contributed by atoms with Gasteiger partial charge in [-0.25, -0.2) is 9.48 Å². The quantitative estimate of drug-likeness (QED) is 0.571. The third-order valence-corrected chi connectivity index (χ3v) is 3.12. The first-order valence-electron chi connectivity index (χ1n) is 6.63. The highest BCUT2D eigenvalue weighted by molar-refractivity contribution is 5.90. The van der Waals surface area contributed by atoms with Gasteiger partial charge in [-0.2, -0.15) is 0 Å². The zero-order chi connectivity index (χ0) is 16.4. The molecule has 0 spiro atoms. The number of carbonyl (C=O) groups is 1. The smallest absolute Gasteiger partial charge is 0.324 e. The zero-order valence-corrected chi connectivity index (χ0v) is 11.7. The normalized spacial score (nSPS) is 10.6. The van der Waals surface area contributed by atoms with Crippen molar-refractivity contribution in [3.8, 4) is 0 Å². The molecular formula is C14H11N5O4. The van der Waals surface area contributed by atoms with Crippen LogP contribution in [0.25, 0.3) is 5.65 Å². The fraction of sp³-hybridized carbons (Fsp3) is 0.0714. The van der Waals surface area contributed by atoms with E-state index in [-0.39, 0.29) is 17.9 Å². The predicted molar refractivity (Wildman–Crippen MR) is 81.2 cm³/mol. The second kappa shape index (κ2) is 5.72. The third kappa shape index (κ3) is 2.93. The van der Waals surface area contributed by atoms with Gasteiger partial charge >= 0.3 is 5.69 Å². The van der Waals surface area contributed by atoms with Gasteiger partial charge in [-0.1, -0.05) is 12.1 Å². The molecule has 0 bridgehead atoms. The predicted octanol–water partition coefficient (Wildman–Crippen LogP) is 1.04. The van der Waals surface area contributed by atoms with E-state index in [2.05, 4.69) is 10.4 Å². The summed E-state index contributed by atoms with van der Waals surface area (Å²) in [7, 11) is 0. The Morgan fingerprint density at radius 2 is 2.09 bits per heavy atom. The van der Waals surface area contributed by atoms with E-state index in [1.54, 1.807) is 24.4 Å². The van der Waals surface area contributed by atoms with Gasteiger partial charge in [0, 0.05) is 24.0 Å². The Morgan fingerprint density at radius 1 is 1.26 bits per heavy atom. The summed E-state index contributed by atoms with van der Waals surface area (Å²) in [5.74, 6) is -0.504. The van der Waals surface area contributed by atoms with Crippen molar-refractivity contribution in [1.29, 1.82) is 0 Å². The molecule has 1 amide bonds. The molecule has 9 heteroatoms. The maximum atomic E-state index is 12.1. The number of hydrogen-bond acceptors (Lipinski definition) is 5. The first kappa shape index (κ1) is 14.4. The fourth-order valence-electron chi connectivity index (χ4n) is 2.10. The molecule has 3 aromatic rings. The summed E-state index contributed by atoms with van der Waals surface area (Å²) in [6.07, 6.45) is 1.56. The van der Waals surface area contributed by atoms with Crippen molar-refractivity contribution in [1.82, 2.24) is 14.2 Å². The van der Waals surface area contributed by atoms with Crippen LogP contribution < -0.4 is 11.0 Å². The van der Waals surface area contributed by atoms with Gasteiger partial charge in [-0.3, -0.25) is 19.3 Å². The number of nitro benzene ring substituents is 1. The van der Waals surface area contributed by atoms with Gasteiger partial charge in [-0.15, -0.1) is 5.10 Å². The summed E-state index contributed by atoms with van der Waals surface area (Å²) in [5.41, 5.74) is 0.143. The monoisotopic (exact) mass is 313 g/mol. The number of rotatable bonds is 4. The maximum Gasteiger partial charge on any atom is 0.350 e. The molecule has 0 saturated heterocycles. The largest absolute Gasteiger partial charge is 0.350 e. The Labute approximate surface area is 128 Å². The molecule has 0 radical (unpaired) electrons. The van der Waals surface area contributed by atoms with E-state index >= 15 is 0 Å². The Kier molecular flexibility index (Phi) is 3.59. The fourth-order valence-corrected chi connectivity index (χ4v) is 2.10. The van der Waals surface area contributed by atoms with E-state index in [0.29, 0.717) is 5.65 Å². The minimum absolute atomic E-state index is 0.132. The highest BCUT2D eigenvalue weighted by Gasteiger charge is 2.12. The lowest BCUT2D eigenvalue weighted by Crippen LogP contribution is -2.28. The first-order chi connectivity index (χ1) is 11.0. The van der Waals surface area contributed by atoms with Crippen LogP contribution in [0.4, 0.5) is 11.4 Å². The average Bonchev–Trinajstić information content (AvgIpc) is 2.84. The molecule has 0 aliphatic rings. The van der Waals surface area contributed by atoms with Crippen LogP contribution in [0, 0.1) is 10.1 Å². The molecule has 0 aliphatic carbocycles. The van der Waals surface area contributed by atoms with E-state index in [1.807, 2.05) is 0 Å². The van der Waals surface area contributed by atoms with Gasteiger partial charge in [0.15, 0.2) is 5.65 Å². The molecule has 23 heavy (non-hydrogen) atoms. The highest BCUT2D eigenvalue weighted by Crippen LogP contribution is 2.16. The SMILES string of the molecule is O=C(Cn1nc2ccccn2c1=O)Nc1cccc([N+](=O)[O-])c1. The van der Waals surface area contributed by atoms with Crippen molar-refractivity contribution < 1.29 is 9.72 Å². The molecule has 116 valence electrons. The molecule has 1 aromatic carbocycles. The molecule has 2 aromatic heterocycles. The number of aromatic nitrogens is 3. The van der Waals surface area contributed by atoms with Crippen LogP contribution in [-0.2, 0) is 11.3 Å². The van der Waals surface area contributed by atoms with Crippen molar-refractivity contribution in [2.75, 3.05) is 5.32 Å². The molecular weight excluding hydrogens is 302 g/mol. The van der Waals surface area contributed by atoms with Crippen LogP contribution in [0.15, 0.2) is 53.5 Å². The van der Waals surface area contributed by atoms with Gasteiger partial charge in [0.25, 0.3) is 5.69 Å². The topological polar surface area (TPSA) is 112 Å². The van der Waals surface area contributed by atoms with Crippen LogP contribution in [0.5, 0.6) is 0 Å². The summed E-state index contributed by atoms with van der Waals surface area (Å²) in [6.45, 7) is -0.288. The Morgan fingerprint density at radius 3 is 2.83 bits per heavy atom. The number of anilines is 1. The molecule has 0 fully saturated rings. The Hall–Kier alpha value is -3.49. The van der Waals surface area contributed by atoms with Gasteiger partial charge in [0.05, 0.1) is 4.92 Å². The summed E-state index contributed by atoms with van der Waals surface area (Å²) >= 11 is 0. The number of non-ortho nitro benzene ring substituents is 1. The van der Waals surface area contributed by atoms with Gasteiger partial charge in [-0.05, 0) is 18.2 Å². The third-order valence-electron chi connectivity index (χ3n) is 3.12. The average molecular weight is 313 g/mol. The van der Waals surface area contributed by atoms with Crippen LogP contribution in [0.1, 0.15) is 0 Å². The molecule has 0 atom stereocenters. The maximum absolute atomic E-state index is 12.1. The number of fused-ring (bicyclic) bond motifs is 1. The van der Waals surface area contributed by atoms with E-state index in [1.165, 1.54) is 28.7 Å². The van der Waals surface area contributed by atoms with Crippen LogP contribution >= 0.6 is 0 Å². The number of nitrogens with one attached hydrogen (secondary N) is 1. The molecule has 0 unspecified atom stereocenters. The lowest BCUT2D eigenvalue weighted by molar-refractivity contribution is -0.384. The van der Waals surface area contributed by atoms with Crippen molar-refractivity contribution in [3.05, 3.63) is 69.3 Å². The number of nitrogens with zero attached hydrogens (tertiary/aromatic N) is 4. The molecule has 0 saturated carbocycles. The Bertz CT molecular complexity index is 959. The van der Waals surface area contributed by atoms with Crippen molar-refractivity contribution in [2.45, 2.75) is 6.54 Å². The lowest BCUT2D eigenvalue weighted by atomic mass is 10.3. The summed E-state index contributed by atoms with van der Waals surface area (Å²) < 4.78 is 2.35. The van der Waals surface area contributed by atoms with Crippen molar-refractivity contribution >= 4 is 22.9 Å². The zero-order valence-electron chi connectivity index (χ0n) is 11.7. The van der Waals surface area contributed by atoms with E-state index in [4.69, 9.17) is 0 Å². The number of amides is 1. The number of carbonyl (C=O) groups excluding carboxylic acids is 1. The Balaban J connectivity index is 1.79. The summed E-state index contributed by atoms with van der Waals surface area (Å²) in [4.78, 5) is 34.2. The number of benzene rings is 1. The molecule has 0 aliphatic heterocycles. The molecule has 9 nitrogen and oxygen atoms in total. The lowest BCUT2D eigenvalue weighted by Gasteiger charge is -2.04. The second-order valence-electron chi connectivity index (χ2n) is 4.72. The standard InChI is InChI=1S/C14H11N5O4/c20-13(15-10-4-3-5-11(8-10)19(22)23)9-18-14(21)17-7-2-1-6-12(17)16-18/h1-8H,9H2,(H,15,20). The number of hydrogen-bond donors (Lipinski definition) is 1. The van der Waals surface area contributed by atoms with E-state index in [0.717, 1.165) is 4.68 Å². The van der Waals surface area contributed by atoms with Crippen molar-refractivity contribution in [2.24, 2.45) is 0 Å². The van der Waals surface area contributed by atoms with E-state index in [9.17, 15) is 19.7 Å². The minimum atomic E-state index is -0.553. The van der Waals surface area contributed by atoms with Gasteiger partial charge in [0.2, 0.25) is 5.91 Å². The highest BCUT2D eigenvalue weighted by atomic mass is 16.6. The van der Waals surface area contributed by atoms with Gasteiger partial charge < -0.3 is 5.32 Å². The van der Waals surface area contributed by atoms with Crippen LogP contribution in [0.3, 0.4) is 0 Å². The summed E-state index contributed by atoms with van der Waals surface area (Å²) in [6, 6.07) is 10.6. The van der Waals surface area contributed by atoms with Crippen molar-refractivity contribution in [3.63, 3.8) is 0 Å². The molecule has 1 N–H and O–H groups in total. The van der Waals surface area contributed by atoms with E-state index < -0.39 is 16.5 Å². The van der Waals surface area contributed by atoms with Gasteiger partial charge in [0.1, 0.15) is 6.54 Å². The first-order valence-corrected chi connectivity index (χ1v) is 6.63. The number of pyridine rings is 1. The molecule has 2 heterocycles. The minimum Gasteiger partial charge on any atom is -0.324 e. The second-order valence-corrected chi connectivity index (χ2v) is 4.72. The number of nitro groups is 1.